The normalized spacial score (nSPS) is 28.4. The fourth-order valence-electron chi connectivity index (χ4n) is 3.15. The highest BCUT2D eigenvalue weighted by atomic mass is 19.4. The van der Waals surface area contributed by atoms with Gasteiger partial charge in [0.25, 0.3) is 0 Å². The molecule has 0 aromatic rings. The maximum absolute atomic E-state index is 12.6. The van der Waals surface area contributed by atoms with Crippen LogP contribution in [0.3, 0.4) is 0 Å². The average Bonchev–Trinajstić information content (AvgIpc) is 2.34. The van der Waals surface area contributed by atoms with Crippen molar-refractivity contribution in [1.82, 2.24) is 0 Å². The molecule has 0 aromatic carbocycles. The first-order valence-corrected chi connectivity index (χ1v) is 7.20. The Labute approximate surface area is 113 Å². The summed E-state index contributed by atoms with van der Waals surface area (Å²) in [6.45, 7) is 4.53. The molecule has 2 atom stereocenters. The Bertz CT molecular complexity index is 260. The quantitative estimate of drug-likeness (QED) is 0.812. The summed E-state index contributed by atoms with van der Waals surface area (Å²) in [5.41, 5.74) is 5.69. The fourth-order valence-corrected chi connectivity index (χ4v) is 3.15. The lowest BCUT2D eigenvalue weighted by Gasteiger charge is -2.35. The van der Waals surface area contributed by atoms with Gasteiger partial charge in [-0.05, 0) is 56.4 Å². The second-order valence-corrected chi connectivity index (χ2v) is 6.27. The fraction of sp³-hybridized carbons (Fsp3) is 1.00. The van der Waals surface area contributed by atoms with Crippen molar-refractivity contribution in [2.75, 3.05) is 6.54 Å². The molecule has 1 fully saturated rings. The maximum atomic E-state index is 12.6. The van der Waals surface area contributed by atoms with Crippen molar-refractivity contribution < 1.29 is 18.3 Å². The molecule has 1 rings (SSSR count). The van der Waals surface area contributed by atoms with Gasteiger partial charge in [-0.1, -0.05) is 13.8 Å². The lowest BCUT2D eigenvalue weighted by molar-refractivity contribution is -0.186. The molecule has 0 heterocycles. The van der Waals surface area contributed by atoms with Crippen molar-refractivity contribution in [3.8, 4) is 0 Å². The number of rotatable bonds is 5. The van der Waals surface area contributed by atoms with Gasteiger partial charge in [-0.2, -0.15) is 13.2 Å². The molecule has 0 bridgehead atoms. The number of alkyl halides is 3. The molecule has 0 amide bonds. The monoisotopic (exact) mass is 281 g/mol. The molecule has 0 aliphatic heterocycles. The zero-order valence-corrected chi connectivity index (χ0v) is 11.8. The smallest absolute Gasteiger partial charge is 0.391 e. The summed E-state index contributed by atoms with van der Waals surface area (Å²) in [5, 5.41) is 10.3. The van der Waals surface area contributed by atoms with Crippen LogP contribution in [-0.2, 0) is 0 Å². The number of hydrogen-bond donors (Lipinski definition) is 2. The van der Waals surface area contributed by atoms with E-state index in [0.717, 1.165) is 6.42 Å². The Morgan fingerprint density at radius 3 is 2.05 bits per heavy atom. The Kier molecular flexibility index (Phi) is 6.12. The highest BCUT2D eigenvalue weighted by molar-refractivity contribution is 4.84. The molecule has 19 heavy (non-hydrogen) atoms. The van der Waals surface area contributed by atoms with Crippen LogP contribution in [-0.4, -0.2) is 23.9 Å². The molecule has 0 radical (unpaired) electrons. The van der Waals surface area contributed by atoms with E-state index in [1.807, 2.05) is 0 Å². The lowest BCUT2D eigenvalue weighted by atomic mass is 9.74. The molecular formula is C14H26F3NO. The second-order valence-electron chi connectivity index (χ2n) is 6.27. The van der Waals surface area contributed by atoms with Crippen LogP contribution in [0.2, 0.25) is 0 Å². The Morgan fingerprint density at radius 2 is 1.68 bits per heavy atom. The van der Waals surface area contributed by atoms with Crippen molar-refractivity contribution in [3.63, 3.8) is 0 Å². The lowest BCUT2D eigenvalue weighted by Crippen LogP contribution is -2.38. The minimum Gasteiger partial charge on any atom is -0.393 e. The van der Waals surface area contributed by atoms with Crippen LogP contribution in [0, 0.1) is 23.7 Å². The van der Waals surface area contributed by atoms with E-state index in [4.69, 9.17) is 5.73 Å². The largest absolute Gasteiger partial charge is 0.393 e. The van der Waals surface area contributed by atoms with Crippen LogP contribution in [0.4, 0.5) is 13.2 Å². The van der Waals surface area contributed by atoms with Crippen molar-refractivity contribution in [2.24, 2.45) is 29.4 Å². The third kappa shape index (κ3) is 4.95. The zero-order chi connectivity index (χ0) is 14.6. The molecule has 0 spiro atoms. The van der Waals surface area contributed by atoms with Crippen LogP contribution in [0.25, 0.3) is 0 Å². The van der Waals surface area contributed by atoms with Crippen molar-refractivity contribution >= 4 is 0 Å². The number of nitrogens with two attached hydrogens (primary N) is 1. The third-order valence-corrected chi connectivity index (χ3v) is 4.28. The van der Waals surface area contributed by atoms with Gasteiger partial charge in [-0.25, -0.2) is 0 Å². The van der Waals surface area contributed by atoms with Crippen molar-refractivity contribution in [1.29, 1.82) is 0 Å². The first-order valence-electron chi connectivity index (χ1n) is 7.20. The van der Waals surface area contributed by atoms with Gasteiger partial charge in [0.2, 0.25) is 0 Å². The first-order chi connectivity index (χ1) is 8.75. The van der Waals surface area contributed by atoms with Crippen LogP contribution in [0.5, 0.6) is 0 Å². The summed E-state index contributed by atoms with van der Waals surface area (Å²) in [6, 6.07) is 0. The van der Waals surface area contributed by atoms with Crippen LogP contribution in [0.1, 0.15) is 46.0 Å². The summed E-state index contributed by atoms with van der Waals surface area (Å²) in [5.74, 6) is -0.759. The van der Waals surface area contributed by atoms with Gasteiger partial charge in [-0.15, -0.1) is 0 Å². The number of halogens is 3. The number of hydrogen-bond acceptors (Lipinski definition) is 2. The van der Waals surface area contributed by atoms with E-state index in [1.54, 1.807) is 0 Å². The van der Waals surface area contributed by atoms with Gasteiger partial charge in [0.05, 0.1) is 12.0 Å². The van der Waals surface area contributed by atoms with Gasteiger partial charge in [0, 0.05) is 0 Å². The Morgan fingerprint density at radius 1 is 1.16 bits per heavy atom. The van der Waals surface area contributed by atoms with Gasteiger partial charge < -0.3 is 10.8 Å². The molecule has 0 aromatic heterocycles. The predicted molar refractivity (Wildman–Crippen MR) is 69.5 cm³/mol. The summed E-state index contributed by atoms with van der Waals surface area (Å²) >= 11 is 0. The third-order valence-electron chi connectivity index (χ3n) is 4.28. The Hall–Kier alpha value is -0.290. The molecule has 0 saturated heterocycles. The predicted octanol–water partition coefficient (Wildman–Crippen LogP) is 3.34. The molecule has 1 saturated carbocycles. The minimum absolute atomic E-state index is 0.00689. The van der Waals surface area contributed by atoms with Gasteiger partial charge >= 0.3 is 6.18 Å². The molecule has 2 nitrogen and oxygen atoms in total. The van der Waals surface area contributed by atoms with Crippen molar-refractivity contribution in [2.45, 2.75) is 58.2 Å². The Balaban J connectivity index is 2.49. The minimum atomic E-state index is -4.08. The number of aliphatic hydroxyl groups excluding tert-OH is 1. The second kappa shape index (κ2) is 6.93. The van der Waals surface area contributed by atoms with Gasteiger partial charge in [0.15, 0.2) is 0 Å². The summed E-state index contributed by atoms with van der Waals surface area (Å²) < 4.78 is 37.8. The summed E-state index contributed by atoms with van der Waals surface area (Å²) in [6.07, 6.45) is -2.60. The van der Waals surface area contributed by atoms with E-state index in [2.05, 4.69) is 13.8 Å². The molecule has 1 aliphatic carbocycles. The van der Waals surface area contributed by atoms with E-state index in [9.17, 15) is 18.3 Å². The summed E-state index contributed by atoms with van der Waals surface area (Å²) in [7, 11) is 0. The van der Waals surface area contributed by atoms with E-state index in [-0.39, 0.29) is 24.7 Å². The molecule has 3 N–H and O–H groups in total. The van der Waals surface area contributed by atoms with Gasteiger partial charge in [-0.3, -0.25) is 0 Å². The maximum Gasteiger partial charge on any atom is 0.391 e. The molecular weight excluding hydrogens is 255 g/mol. The molecule has 114 valence electrons. The topological polar surface area (TPSA) is 46.2 Å². The molecule has 2 unspecified atom stereocenters. The highest BCUT2D eigenvalue weighted by Gasteiger charge is 2.43. The molecule has 5 heteroatoms. The van der Waals surface area contributed by atoms with E-state index >= 15 is 0 Å². The average molecular weight is 281 g/mol. The highest BCUT2D eigenvalue weighted by Crippen LogP contribution is 2.41. The summed E-state index contributed by atoms with van der Waals surface area (Å²) in [4.78, 5) is 0. The van der Waals surface area contributed by atoms with Crippen LogP contribution < -0.4 is 5.73 Å². The molecule has 1 aliphatic rings. The van der Waals surface area contributed by atoms with Crippen LogP contribution >= 0.6 is 0 Å². The van der Waals surface area contributed by atoms with E-state index in [1.165, 1.54) is 0 Å². The van der Waals surface area contributed by atoms with Crippen molar-refractivity contribution in [3.05, 3.63) is 0 Å². The first kappa shape index (κ1) is 16.8. The van der Waals surface area contributed by atoms with Crippen LogP contribution in [0.15, 0.2) is 0 Å². The van der Waals surface area contributed by atoms with E-state index in [0.29, 0.717) is 25.3 Å². The van der Waals surface area contributed by atoms with E-state index < -0.39 is 18.2 Å². The zero-order valence-electron chi connectivity index (χ0n) is 11.8. The number of aliphatic hydroxyl groups is 1. The van der Waals surface area contributed by atoms with Gasteiger partial charge in [0.1, 0.15) is 0 Å². The SMILES string of the molecule is CC(C)CC(CN)C(O)C1CCC(C(F)(F)F)CC1. The standard InChI is InChI=1S/C14H26F3NO/c1-9(2)7-11(8-18)13(19)10-3-5-12(6-4-10)14(15,16)17/h9-13,19H,3-8,18H2,1-2H3.